The van der Waals surface area contributed by atoms with Gasteiger partial charge in [0.1, 0.15) is 16.8 Å². The predicted molar refractivity (Wildman–Crippen MR) is 83.1 cm³/mol. The van der Waals surface area contributed by atoms with Crippen LogP contribution in [-0.2, 0) is 10.0 Å². The first-order chi connectivity index (χ1) is 9.87. The zero-order valence-corrected chi connectivity index (χ0v) is 13.4. The number of rotatable bonds is 3. The predicted octanol–water partition coefficient (Wildman–Crippen LogP) is 2.12. The second-order valence-electron chi connectivity index (χ2n) is 4.14. The van der Waals surface area contributed by atoms with Crippen LogP contribution in [0.25, 0.3) is 0 Å². The first-order valence-corrected chi connectivity index (χ1v) is 8.00. The van der Waals surface area contributed by atoms with Crippen LogP contribution < -0.4 is 10.0 Å². The molecular formula is C13H11BrN4O2S. The summed E-state index contributed by atoms with van der Waals surface area (Å²) in [4.78, 5) is 3.71. The number of halogens is 1. The van der Waals surface area contributed by atoms with Gasteiger partial charge in [-0.15, -0.1) is 0 Å². The summed E-state index contributed by atoms with van der Waals surface area (Å²) in [6.07, 6.45) is 1.41. The number of pyridine rings is 1. The van der Waals surface area contributed by atoms with Crippen molar-refractivity contribution < 1.29 is 8.42 Å². The number of para-hydroxylation sites is 1. The van der Waals surface area contributed by atoms with Crippen LogP contribution in [0.15, 0.2) is 45.9 Å². The molecule has 0 aliphatic carbocycles. The molecule has 2 N–H and O–H groups in total. The van der Waals surface area contributed by atoms with Crippen molar-refractivity contribution in [1.82, 2.24) is 4.98 Å². The van der Waals surface area contributed by atoms with Crippen LogP contribution in [0.5, 0.6) is 0 Å². The van der Waals surface area contributed by atoms with Gasteiger partial charge >= 0.3 is 0 Å². The van der Waals surface area contributed by atoms with Crippen molar-refractivity contribution in [2.45, 2.75) is 4.90 Å². The third-order valence-corrected chi connectivity index (χ3v) is 5.08. The third-order valence-electron chi connectivity index (χ3n) is 2.85. The summed E-state index contributed by atoms with van der Waals surface area (Å²) < 4.78 is 26.8. The van der Waals surface area contributed by atoms with Gasteiger partial charge in [-0.05, 0) is 34.1 Å². The first-order valence-electron chi connectivity index (χ1n) is 5.77. The molecule has 0 saturated carbocycles. The van der Waals surface area contributed by atoms with Gasteiger partial charge in [-0.3, -0.25) is 4.31 Å². The Morgan fingerprint density at radius 3 is 2.71 bits per heavy atom. The van der Waals surface area contributed by atoms with Gasteiger partial charge in [0.05, 0.1) is 11.3 Å². The monoisotopic (exact) mass is 366 g/mol. The molecule has 0 radical (unpaired) electrons. The third kappa shape index (κ3) is 2.84. The van der Waals surface area contributed by atoms with E-state index in [2.05, 4.69) is 20.9 Å². The molecule has 0 aliphatic rings. The van der Waals surface area contributed by atoms with Gasteiger partial charge in [-0.2, -0.15) is 5.26 Å². The van der Waals surface area contributed by atoms with E-state index in [9.17, 15) is 8.42 Å². The Labute approximate surface area is 131 Å². The standard InChI is InChI=1S/C13H11BrN4O2S/c1-18(11-5-3-2-4-9(11)7-15)21(19,20)12-6-10(14)8-17-13(12)16/h2-6,8H,1H3,(H2,16,17). The normalized spacial score (nSPS) is 10.9. The fraction of sp³-hybridized carbons (Fsp3) is 0.0769. The average Bonchev–Trinajstić information content (AvgIpc) is 2.48. The quantitative estimate of drug-likeness (QED) is 0.896. The Balaban J connectivity index is 2.59. The lowest BCUT2D eigenvalue weighted by atomic mass is 10.2. The zero-order chi connectivity index (χ0) is 15.6. The molecule has 0 unspecified atom stereocenters. The van der Waals surface area contributed by atoms with Gasteiger partial charge in [-0.25, -0.2) is 13.4 Å². The fourth-order valence-electron chi connectivity index (χ4n) is 1.76. The minimum Gasteiger partial charge on any atom is -0.383 e. The van der Waals surface area contributed by atoms with Crippen LogP contribution >= 0.6 is 15.9 Å². The minimum absolute atomic E-state index is 0.0977. The number of nitrogens with zero attached hydrogens (tertiary/aromatic N) is 3. The Morgan fingerprint density at radius 1 is 1.38 bits per heavy atom. The Morgan fingerprint density at radius 2 is 2.05 bits per heavy atom. The molecule has 1 aromatic heterocycles. The largest absolute Gasteiger partial charge is 0.383 e. The van der Waals surface area contributed by atoms with Crippen molar-refractivity contribution in [3.05, 3.63) is 46.6 Å². The second kappa shape index (κ2) is 5.71. The molecule has 2 rings (SSSR count). The number of nitrogen functional groups attached to an aromatic ring is 1. The molecule has 2 aromatic rings. The highest BCUT2D eigenvalue weighted by Crippen LogP contribution is 2.28. The molecule has 0 atom stereocenters. The van der Waals surface area contributed by atoms with Crippen LogP contribution in [0.4, 0.5) is 11.5 Å². The molecule has 1 aromatic carbocycles. The molecule has 0 spiro atoms. The maximum absolute atomic E-state index is 12.6. The summed E-state index contributed by atoms with van der Waals surface area (Å²) >= 11 is 3.17. The highest BCUT2D eigenvalue weighted by atomic mass is 79.9. The van der Waals surface area contributed by atoms with E-state index in [0.717, 1.165) is 4.31 Å². The highest BCUT2D eigenvalue weighted by Gasteiger charge is 2.26. The number of benzene rings is 1. The SMILES string of the molecule is CN(c1ccccc1C#N)S(=O)(=O)c1cc(Br)cnc1N. The van der Waals surface area contributed by atoms with E-state index in [4.69, 9.17) is 11.0 Å². The molecule has 0 saturated heterocycles. The number of aromatic nitrogens is 1. The lowest BCUT2D eigenvalue weighted by Gasteiger charge is -2.21. The summed E-state index contributed by atoms with van der Waals surface area (Å²) in [5, 5.41) is 9.09. The lowest BCUT2D eigenvalue weighted by Crippen LogP contribution is -2.28. The van der Waals surface area contributed by atoms with Crippen LogP contribution in [0.2, 0.25) is 0 Å². The zero-order valence-electron chi connectivity index (χ0n) is 11.0. The van der Waals surface area contributed by atoms with Crippen LogP contribution in [-0.4, -0.2) is 20.4 Å². The molecule has 0 aliphatic heterocycles. The topological polar surface area (TPSA) is 100 Å². The maximum atomic E-state index is 12.6. The lowest BCUT2D eigenvalue weighted by molar-refractivity contribution is 0.594. The number of nitrogens with two attached hydrogens (primary N) is 1. The van der Waals surface area contributed by atoms with Gasteiger partial charge < -0.3 is 5.73 Å². The van der Waals surface area contributed by atoms with Crippen molar-refractivity contribution in [3.8, 4) is 6.07 Å². The van der Waals surface area contributed by atoms with Crippen LogP contribution in [0.1, 0.15) is 5.56 Å². The molecule has 8 heteroatoms. The minimum atomic E-state index is -3.91. The summed E-state index contributed by atoms with van der Waals surface area (Å²) in [6, 6.07) is 9.76. The van der Waals surface area contributed by atoms with Crippen molar-refractivity contribution >= 4 is 37.5 Å². The van der Waals surface area contributed by atoms with Gasteiger partial charge in [0, 0.05) is 17.7 Å². The summed E-state index contributed by atoms with van der Waals surface area (Å²) in [5.41, 5.74) is 6.19. The maximum Gasteiger partial charge on any atom is 0.267 e. The summed E-state index contributed by atoms with van der Waals surface area (Å²) in [5.74, 6) is -0.0977. The molecule has 1 heterocycles. The average molecular weight is 367 g/mol. The molecule has 0 bridgehead atoms. The van der Waals surface area contributed by atoms with Gasteiger partial charge in [0.15, 0.2) is 0 Å². The number of hydrogen-bond donors (Lipinski definition) is 1. The van der Waals surface area contributed by atoms with Gasteiger partial charge in [0.2, 0.25) is 0 Å². The Hall–Kier alpha value is -2.11. The van der Waals surface area contributed by atoms with E-state index in [0.29, 0.717) is 4.47 Å². The van der Waals surface area contributed by atoms with E-state index < -0.39 is 10.0 Å². The van der Waals surface area contributed by atoms with E-state index in [1.165, 1.54) is 19.3 Å². The van der Waals surface area contributed by atoms with E-state index >= 15 is 0 Å². The van der Waals surface area contributed by atoms with Crippen molar-refractivity contribution in [2.24, 2.45) is 0 Å². The first kappa shape index (κ1) is 15.3. The molecule has 0 fully saturated rings. The van der Waals surface area contributed by atoms with Gasteiger partial charge in [-0.1, -0.05) is 12.1 Å². The van der Waals surface area contributed by atoms with E-state index in [-0.39, 0.29) is 22.0 Å². The van der Waals surface area contributed by atoms with Crippen molar-refractivity contribution in [3.63, 3.8) is 0 Å². The summed E-state index contributed by atoms with van der Waals surface area (Å²) in [7, 11) is -2.55. The molecular weight excluding hydrogens is 356 g/mol. The molecule has 6 nitrogen and oxygen atoms in total. The number of hydrogen-bond acceptors (Lipinski definition) is 5. The summed E-state index contributed by atoms with van der Waals surface area (Å²) in [6.45, 7) is 0. The number of sulfonamides is 1. The Bertz CT molecular complexity index is 830. The van der Waals surface area contributed by atoms with Crippen LogP contribution in [0.3, 0.4) is 0 Å². The highest BCUT2D eigenvalue weighted by molar-refractivity contribution is 9.10. The number of nitriles is 1. The molecule has 21 heavy (non-hydrogen) atoms. The van der Waals surface area contributed by atoms with E-state index in [1.807, 2.05) is 6.07 Å². The van der Waals surface area contributed by atoms with Crippen molar-refractivity contribution in [1.29, 1.82) is 5.26 Å². The molecule has 108 valence electrons. The Kier molecular flexibility index (Phi) is 4.16. The second-order valence-corrected chi connectivity index (χ2v) is 6.99. The van der Waals surface area contributed by atoms with Crippen molar-refractivity contribution in [2.75, 3.05) is 17.1 Å². The fourth-order valence-corrected chi connectivity index (χ4v) is 3.55. The molecule has 0 amide bonds. The van der Waals surface area contributed by atoms with E-state index in [1.54, 1.807) is 24.3 Å². The van der Waals surface area contributed by atoms with Crippen LogP contribution in [0, 0.1) is 11.3 Å². The number of anilines is 2. The smallest absolute Gasteiger partial charge is 0.267 e. The van der Waals surface area contributed by atoms with Gasteiger partial charge in [0.25, 0.3) is 10.0 Å².